The number of hydrogen-bond acceptors (Lipinski definition) is 3. The van der Waals surface area contributed by atoms with Crippen molar-refractivity contribution >= 4 is 0 Å². The first-order valence-corrected chi connectivity index (χ1v) is 7.40. The Balaban J connectivity index is 1.87. The number of aryl methyl sites for hydroxylation is 1. The second-order valence-corrected chi connectivity index (χ2v) is 6.84. The van der Waals surface area contributed by atoms with Crippen molar-refractivity contribution in [2.24, 2.45) is 5.41 Å². The molecule has 0 radical (unpaired) electrons. The summed E-state index contributed by atoms with van der Waals surface area (Å²) in [5, 5.41) is 3.62. The molecular formula is C15H28N4. The third-order valence-electron chi connectivity index (χ3n) is 4.03. The van der Waals surface area contributed by atoms with E-state index >= 15 is 0 Å². The normalized spacial score (nSPS) is 25.7. The molecule has 108 valence electrons. The summed E-state index contributed by atoms with van der Waals surface area (Å²) in [5.41, 5.74) is 0.335. The van der Waals surface area contributed by atoms with Gasteiger partial charge < -0.3 is 9.88 Å². The van der Waals surface area contributed by atoms with E-state index in [0.717, 1.165) is 19.6 Å². The Morgan fingerprint density at radius 1 is 1.32 bits per heavy atom. The largest absolute Gasteiger partial charge is 0.337 e. The lowest BCUT2D eigenvalue weighted by Gasteiger charge is -2.46. The topological polar surface area (TPSA) is 33.1 Å². The maximum atomic E-state index is 4.09. The maximum Gasteiger partial charge on any atom is 0.0945 e. The van der Waals surface area contributed by atoms with Crippen LogP contribution in [0.5, 0.6) is 0 Å². The monoisotopic (exact) mass is 264 g/mol. The van der Waals surface area contributed by atoms with Crippen LogP contribution in [0.4, 0.5) is 0 Å². The van der Waals surface area contributed by atoms with Crippen molar-refractivity contribution in [1.29, 1.82) is 0 Å². The number of rotatable bonds is 4. The van der Waals surface area contributed by atoms with Gasteiger partial charge in [-0.25, -0.2) is 4.98 Å². The van der Waals surface area contributed by atoms with Crippen LogP contribution in [-0.2, 0) is 6.54 Å². The van der Waals surface area contributed by atoms with Crippen LogP contribution in [0.1, 0.15) is 34.1 Å². The molecule has 1 N–H and O–H groups in total. The highest BCUT2D eigenvalue weighted by Gasteiger charge is 2.33. The number of imidazole rings is 1. The van der Waals surface area contributed by atoms with E-state index in [1.165, 1.54) is 13.0 Å². The summed E-state index contributed by atoms with van der Waals surface area (Å²) in [4.78, 5) is 6.76. The van der Waals surface area contributed by atoms with Crippen LogP contribution >= 0.6 is 0 Å². The minimum atomic E-state index is 0.335. The van der Waals surface area contributed by atoms with E-state index in [-0.39, 0.29) is 0 Å². The summed E-state index contributed by atoms with van der Waals surface area (Å²) in [5.74, 6) is 0. The predicted molar refractivity (Wildman–Crippen MR) is 79.1 cm³/mol. The van der Waals surface area contributed by atoms with Crippen molar-refractivity contribution in [1.82, 2.24) is 19.8 Å². The van der Waals surface area contributed by atoms with E-state index in [4.69, 9.17) is 0 Å². The van der Waals surface area contributed by atoms with Crippen molar-refractivity contribution in [3.05, 3.63) is 18.7 Å². The van der Waals surface area contributed by atoms with E-state index < -0.39 is 0 Å². The Labute approximate surface area is 117 Å². The maximum absolute atomic E-state index is 4.09. The molecule has 1 aromatic heterocycles. The van der Waals surface area contributed by atoms with Crippen molar-refractivity contribution < 1.29 is 0 Å². The smallest absolute Gasteiger partial charge is 0.0945 e. The molecule has 0 aliphatic carbocycles. The molecule has 19 heavy (non-hydrogen) atoms. The van der Waals surface area contributed by atoms with Gasteiger partial charge >= 0.3 is 0 Å². The van der Waals surface area contributed by atoms with E-state index in [1.807, 2.05) is 18.7 Å². The zero-order chi connectivity index (χ0) is 13.9. The molecule has 2 heterocycles. The van der Waals surface area contributed by atoms with Gasteiger partial charge in [-0.05, 0) is 18.8 Å². The standard InChI is InChI=1S/C15H28N4/c1-13-11-19(14(10-17-13)15(2,3)4)8-5-7-18-9-6-16-12-18/h6,9,12-14,17H,5,7-8,10-11H2,1-4H3. The predicted octanol–water partition coefficient (Wildman–Crippen LogP) is 1.98. The fourth-order valence-corrected chi connectivity index (χ4v) is 2.96. The minimum absolute atomic E-state index is 0.335. The Kier molecular flexibility index (Phi) is 4.63. The summed E-state index contributed by atoms with van der Waals surface area (Å²) in [7, 11) is 0. The van der Waals surface area contributed by atoms with Gasteiger partial charge in [-0.1, -0.05) is 20.8 Å². The minimum Gasteiger partial charge on any atom is -0.337 e. The van der Waals surface area contributed by atoms with Crippen molar-refractivity contribution in [3.8, 4) is 0 Å². The summed E-state index contributed by atoms with van der Waals surface area (Å²) in [6.07, 6.45) is 6.99. The molecule has 4 heteroatoms. The molecule has 1 aliphatic heterocycles. The summed E-state index contributed by atoms with van der Waals surface area (Å²) >= 11 is 0. The SMILES string of the molecule is CC1CN(CCCn2ccnc2)C(C(C)(C)C)CN1. The molecule has 2 unspecified atom stereocenters. The van der Waals surface area contributed by atoms with Gasteiger partial charge in [0.2, 0.25) is 0 Å². The Morgan fingerprint density at radius 3 is 2.74 bits per heavy atom. The molecule has 0 saturated carbocycles. The van der Waals surface area contributed by atoms with Gasteiger partial charge in [0, 0.05) is 50.7 Å². The van der Waals surface area contributed by atoms with E-state index in [1.54, 1.807) is 0 Å². The molecule has 4 nitrogen and oxygen atoms in total. The van der Waals surface area contributed by atoms with Gasteiger partial charge in [-0.15, -0.1) is 0 Å². The van der Waals surface area contributed by atoms with Crippen LogP contribution < -0.4 is 5.32 Å². The molecule has 0 amide bonds. The average molecular weight is 264 g/mol. The molecule has 1 aliphatic rings. The van der Waals surface area contributed by atoms with Crippen molar-refractivity contribution in [2.75, 3.05) is 19.6 Å². The van der Waals surface area contributed by atoms with Gasteiger partial charge in [0.25, 0.3) is 0 Å². The molecule has 0 bridgehead atoms. The first-order chi connectivity index (χ1) is 8.97. The first kappa shape index (κ1) is 14.5. The fourth-order valence-electron chi connectivity index (χ4n) is 2.96. The fraction of sp³-hybridized carbons (Fsp3) is 0.800. The highest BCUT2D eigenvalue weighted by atomic mass is 15.2. The summed E-state index contributed by atoms with van der Waals surface area (Å²) in [6.45, 7) is 13.8. The third-order valence-corrected chi connectivity index (χ3v) is 4.03. The van der Waals surface area contributed by atoms with Crippen LogP contribution in [0.25, 0.3) is 0 Å². The molecule has 0 aromatic carbocycles. The van der Waals surface area contributed by atoms with Crippen LogP contribution in [0.15, 0.2) is 18.7 Å². The molecule has 2 atom stereocenters. The number of hydrogen-bond donors (Lipinski definition) is 1. The van der Waals surface area contributed by atoms with E-state index in [9.17, 15) is 0 Å². The molecule has 2 rings (SSSR count). The number of nitrogens with zero attached hydrogens (tertiary/aromatic N) is 3. The summed E-state index contributed by atoms with van der Waals surface area (Å²) in [6, 6.07) is 1.23. The Bertz CT molecular complexity index is 366. The number of aromatic nitrogens is 2. The Morgan fingerprint density at radius 2 is 2.11 bits per heavy atom. The summed E-state index contributed by atoms with van der Waals surface area (Å²) < 4.78 is 2.16. The number of nitrogens with one attached hydrogen (secondary N) is 1. The Hall–Kier alpha value is -0.870. The van der Waals surface area contributed by atoms with Gasteiger partial charge in [-0.2, -0.15) is 0 Å². The van der Waals surface area contributed by atoms with Gasteiger partial charge in [0.1, 0.15) is 0 Å². The second kappa shape index (κ2) is 6.06. The van der Waals surface area contributed by atoms with E-state index in [2.05, 4.69) is 47.5 Å². The molecule has 1 fully saturated rings. The van der Waals surface area contributed by atoms with Crippen LogP contribution in [0.3, 0.4) is 0 Å². The average Bonchev–Trinajstić information content (AvgIpc) is 2.80. The molecule has 0 spiro atoms. The quantitative estimate of drug-likeness (QED) is 0.903. The zero-order valence-electron chi connectivity index (χ0n) is 12.8. The second-order valence-electron chi connectivity index (χ2n) is 6.84. The third kappa shape index (κ3) is 4.05. The van der Waals surface area contributed by atoms with Crippen LogP contribution in [-0.4, -0.2) is 46.2 Å². The van der Waals surface area contributed by atoms with Gasteiger partial charge in [0.05, 0.1) is 6.33 Å². The highest BCUT2D eigenvalue weighted by molar-refractivity contribution is 4.91. The van der Waals surface area contributed by atoms with Crippen LogP contribution in [0, 0.1) is 5.41 Å². The molecule has 1 saturated heterocycles. The van der Waals surface area contributed by atoms with Gasteiger partial charge in [-0.3, -0.25) is 4.90 Å². The number of piperazine rings is 1. The van der Waals surface area contributed by atoms with Crippen LogP contribution in [0.2, 0.25) is 0 Å². The lowest BCUT2D eigenvalue weighted by molar-refractivity contribution is 0.0572. The van der Waals surface area contributed by atoms with E-state index in [0.29, 0.717) is 17.5 Å². The highest BCUT2D eigenvalue weighted by Crippen LogP contribution is 2.26. The lowest BCUT2D eigenvalue weighted by Crippen LogP contribution is -2.59. The van der Waals surface area contributed by atoms with Crippen molar-refractivity contribution in [3.63, 3.8) is 0 Å². The first-order valence-electron chi connectivity index (χ1n) is 7.40. The van der Waals surface area contributed by atoms with Crippen molar-refractivity contribution in [2.45, 2.75) is 52.7 Å². The lowest BCUT2D eigenvalue weighted by atomic mass is 9.84. The zero-order valence-corrected chi connectivity index (χ0v) is 12.8. The van der Waals surface area contributed by atoms with Gasteiger partial charge in [0.15, 0.2) is 0 Å². The molecule has 1 aromatic rings. The molecular weight excluding hydrogens is 236 g/mol.